The fraction of sp³-hybridized carbons (Fsp3) is 0.417. The van der Waals surface area contributed by atoms with Crippen molar-refractivity contribution in [1.29, 1.82) is 0 Å². The first-order valence-corrected chi connectivity index (χ1v) is 5.10. The number of hydrogen-bond acceptors (Lipinski definition) is 3. The summed E-state index contributed by atoms with van der Waals surface area (Å²) in [7, 11) is 4.02. The van der Waals surface area contributed by atoms with Crippen LogP contribution in [0.1, 0.15) is 22.3 Å². The lowest BCUT2D eigenvalue weighted by molar-refractivity contribution is 0.0985. The van der Waals surface area contributed by atoms with E-state index in [1.165, 1.54) is 0 Å². The van der Waals surface area contributed by atoms with Gasteiger partial charge in [0.15, 0.2) is 5.78 Å². The number of rotatable bonds is 5. The molecule has 0 aromatic heterocycles. The van der Waals surface area contributed by atoms with Crippen molar-refractivity contribution in [2.75, 3.05) is 20.6 Å². The SMILES string of the molecule is CN(C)Cc1cccc(C(=O)CCN)c1. The molecule has 0 aliphatic rings. The van der Waals surface area contributed by atoms with Gasteiger partial charge in [0.25, 0.3) is 0 Å². The topological polar surface area (TPSA) is 46.3 Å². The van der Waals surface area contributed by atoms with Crippen LogP contribution in [-0.2, 0) is 6.54 Å². The molecule has 0 unspecified atom stereocenters. The summed E-state index contributed by atoms with van der Waals surface area (Å²) in [6.45, 7) is 1.26. The number of hydrogen-bond donors (Lipinski definition) is 1. The van der Waals surface area contributed by atoms with E-state index in [0.717, 1.165) is 17.7 Å². The van der Waals surface area contributed by atoms with Crippen LogP contribution in [0.2, 0.25) is 0 Å². The molecule has 0 aliphatic heterocycles. The summed E-state index contributed by atoms with van der Waals surface area (Å²) in [4.78, 5) is 13.7. The Hall–Kier alpha value is -1.19. The standard InChI is InChI=1S/C12H18N2O/c1-14(2)9-10-4-3-5-11(8-10)12(15)6-7-13/h3-5,8H,6-7,9,13H2,1-2H3. The highest BCUT2D eigenvalue weighted by Gasteiger charge is 2.05. The Bertz CT molecular complexity index is 334. The van der Waals surface area contributed by atoms with Crippen LogP contribution in [0.5, 0.6) is 0 Å². The molecule has 15 heavy (non-hydrogen) atoms. The molecule has 0 atom stereocenters. The Balaban J connectivity index is 2.78. The monoisotopic (exact) mass is 206 g/mol. The lowest BCUT2D eigenvalue weighted by atomic mass is 10.1. The molecule has 1 rings (SSSR count). The van der Waals surface area contributed by atoms with Gasteiger partial charge in [0.1, 0.15) is 0 Å². The largest absolute Gasteiger partial charge is 0.330 e. The van der Waals surface area contributed by atoms with E-state index in [9.17, 15) is 4.79 Å². The zero-order valence-electron chi connectivity index (χ0n) is 9.36. The third-order valence-corrected chi connectivity index (χ3v) is 2.12. The number of carbonyl (C=O) groups excluding carboxylic acids is 1. The minimum absolute atomic E-state index is 0.123. The molecule has 3 nitrogen and oxygen atoms in total. The van der Waals surface area contributed by atoms with Gasteiger partial charge in [-0.2, -0.15) is 0 Å². The van der Waals surface area contributed by atoms with Crippen molar-refractivity contribution in [3.8, 4) is 0 Å². The maximum atomic E-state index is 11.6. The first kappa shape index (κ1) is 11.9. The number of Topliss-reactive ketones (excluding diaryl/α,β-unsaturated/α-hetero) is 1. The van der Waals surface area contributed by atoms with E-state index in [1.807, 2.05) is 38.4 Å². The highest BCUT2D eigenvalue weighted by atomic mass is 16.1. The van der Waals surface area contributed by atoms with Crippen LogP contribution in [0.4, 0.5) is 0 Å². The molecule has 0 fully saturated rings. The predicted octanol–water partition coefficient (Wildman–Crippen LogP) is 1.28. The van der Waals surface area contributed by atoms with Crippen LogP contribution in [-0.4, -0.2) is 31.3 Å². The minimum atomic E-state index is 0.123. The molecule has 1 aromatic rings. The van der Waals surface area contributed by atoms with Crippen molar-refractivity contribution in [2.24, 2.45) is 5.73 Å². The van der Waals surface area contributed by atoms with Gasteiger partial charge in [-0.15, -0.1) is 0 Å². The Labute approximate surface area is 90.9 Å². The molecule has 0 radical (unpaired) electrons. The van der Waals surface area contributed by atoms with Crippen LogP contribution >= 0.6 is 0 Å². The summed E-state index contributed by atoms with van der Waals surface area (Å²) in [6, 6.07) is 7.73. The van der Waals surface area contributed by atoms with Gasteiger partial charge in [0.05, 0.1) is 0 Å². The zero-order valence-corrected chi connectivity index (χ0v) is 9.36. The lowest BCUT2D eigenvalue weighted by Crippen LogP contribution is -2.12. The maximum Gasteiger partial charge on any atom is 0.164 e. The average Bonchev–Trinajstić information content (AvgIpc) is 2.17. The summed E-state index contributed by atoms with van der Waals surface area (Å²) in [5.74, 6) is 0.123. The van der Waals surface area contributed by atoms with E-state index in [-0.39, 0.29) is 5.78 Å². The van der Waals surface area contributed by atoms with E-state index in [0.29, 0.717) is 13.0 Å². The summed E-state index contributed by atoms with van der Waals surface area (Å²) in [5.41, 5.74) is 7.28. The first-order valence-electron chi connectivity index (χ1n) is 5.10. The van der Waals surface area contributed by atoms with Gasteiger partial charge in [-0.25, -0.2) is 0 Å². The van der Waals surface area contributed by atoms with Gasteiger partial charge >= 0.3 is 0 Å². The molecule has 0 spiro atoms. The van der Waals surface area contributed by atoms with Gasteiger partial charge in [0.2, 0.25) is 0 Å². The van der Waals surface area contributed by atoms with E-state index in [4.69, 9.17) is 5.73 Å². The second kappa shape index (κ2) is 5.63. The second-order valence-corrected chi connectivity index (χ2v) is 3.90. The number of carbonyl (C=O) groups is 1. The molecule has 0 heterocycles. The molecule has 82 valence electrons. The number of nitrogens with two attached hydrogens (primary N) is 1. The van der Waals surface area contributed by atoms with Crippen LogP contribution in [0.3, 0.4) is 0 Å². The van der Waals surface area contributed by atoms with E-state index >= 15 is 0 Å². The van der Waals surface area contributed by atoms with Crippen molar-refractivity contribution in [2.45, 2.75) is 13.0 Å². The smallest absolute Gasteiger partial charge is 0.164 e. The Morgan fingerprint density at radius 2 is 2.13 bits per heavy atom. The van der Waals surface area contributed by atoms with Gasteiger partial charge < -0.3 is 10.6 Å². The van der Waals surface area contributed by atoms with Crippen LogP contribution < -0.4 is 5.73 Å². The van der Waals surface area contributed by atoms with Crippen molar-refractivity contribution in [3.05, 3.63) is 35.4 Å². The van der Waals surface area contributed by atoms with Crippen molar-refractivity contribution in [1.82, 2.24) is 4.90 Å². The van der Waals surface area contributed by atoms with Crippen LogP contribution in [0.25, 0.3) is 0 Å². The first-order chi connectivity index (χ1) is 7.13. The summed E-state index contributed by atoms with van der Waals surface area (Å²) in [5, 5.41) is 0. The molecular weight excluding hydrogens is 188 g/mol. The fourth-order valence-corrected chi connectivity index (χ4v) is 1.48. The summed E-state index contributed by atoms with van der Waals surface area (Å²) in [6.07, 6.45) is 0.422. The molecule has 1 aromatic carbocycles. The van der Waals surface area contributed by atoms with Gasteiger partial charge in [-0.1, -0.05) is 18.2 Å². The summed E-state index contributed by atoms with van der Waals surface area (Å²) >= 11 is 0. The molecule has 0 bridgehead atoms. The normalized spacial score (nSPS) is 10.7. The molecule has 0 aliphatic carbocycles. The van der Waals surface area contributed by atoms with E-state index < -0.39 is 0 Å². The molecule has 0 saturated heterocycles. The van der Waals surface area contributed by atoms with E-state index in [2.05, 4.69) is 4.90 Å². The molecule has 0 saturated carbocycles. The maximum absolute atomic E-state index is 11.6. The van der Waals surface area contributed by atoms with Crippen LogP contribution in [0, 0.1) is 0 Å². The minimum Gasteiger partial charge on any atom is -0.330 e. The third kappa shape index (κ3) is 3.81. The van der Waals surface area contributed by atoms with Gasteiger partial charge in [-0.05, 0) is 32.3 Å². The highest BCUT2D eigenvalue weighted by molar-refractivity contribution is 5.96. The quantitative estimate of drug-likeness (QED) is 0.738. The number of nitrogens with zero attached hydrogens (tertiary/aromatic N) is 1. The Kier molecular flexibility index (Phi) is 4.46. The number of ketones is 1. The van der Waals surface area contributed by atoms with Crippen molar-refractivity contribution >= 4 is 5.78 Å². The average molecular weight is 206 g/mol. The van der Waals surface area contributed by atoms with Crippen molar-refractivity contribution in [3.63, 3.8) is 0 Å². The molecule has 3 heteroatoms. The van der Waals surface area contributed by atoms with Crippen LogP contribution in [0.15, 0.2) is 24.3 Å². The van der Waals surface area contributed by atoms with E-state index in [1.54, 1.807) is 0 Å². The Morgan fingerprint density at radius 3 is 2.73 bits per heavy atom. The molecule has 2 N–H and O–H groups in total. The zero-order chi connectivity index (χ0) is 11.3. The lowest BCUT2D eigenvalue weighted by Gasteiger charge is -2.10. The van der Waals surface area contributed by atoms with Crippen molar-refractivity contribution < 1.29 is 4.79 Å². The predicted molar refractivity (Wildman–Crippen MR) is 61.8 cm³/mol. The molecule has 0 amide bonds. The fourth-order valence-electron chi connectivity index (χ4n) is 1.48. The third-order valence-electron chi connectivity index (χ3n) is 2.12. The highest BCUT2D eigenvalue weighted by Crippen LogP contribution is 2.08. The Morgan fingerprint density at radius 1 is 1.40 bits per heavy atom. The number of benzene rings is 1. The molecular formula is C12H18N2O. The summed E-state index contributed by atoms with van der Waals surface area (Å²) < 4.78 is 0. The van der Waals surface area contributed by atoms with Gasteiger partial charge in [-0.3, -0.25) is 4.79 Å². The second-order valence-electron chi connectivity index (χ2n) is 3.90. The van der Waals surface area contributed by atoms with Gasteiger partial charge in [0, 0.05) is 18.5 Å².